The Balaban J connectivity index is 1.37. The van der Waals surface area contributed by atoms with Crippen molar-refractivity contribution in [1.82, 2.24) is 10.2 Å². The number of rotatable bonds is 14. The van der Waals surface area contributed by atoms with Gasteiger partial charge in [0.1, 0.15) is 5.75 Å². The standard InChI is InChI=1S/C29H44N2O/c1-3-5-7-8-10-24-11-13-25(14-12-24)15-18-27-19-22-29(31-30-27)26-16-20-28(21-17-26)32-23-9-6-4-2/h16-17,19-22,24-25H,3-15,18,23H2,1-2H3. The Morgan fingerprint density at radius 3 is 2.06 bits per heavy atom. The third kappa shape index (κ3) is 8.56. The maximum Gasteiger partial charge on any atom is 0.119 e. The molecular weight excluding hydrogens is 392 g/mol. The lowest BCUT2D eigenvalue weighted by atomic mass is 9.78. The zero-order valence-corrected chi connectivity index (χ0v) is 20.5. The maximum atomic E-state index is 5.81. The van der Waals surface area contributed by atoms with E-state index in [0.717, 1.165) is 54.0 Å². The van der Waals surface area contributed by atoms with Crippen LogP contribution in [-0.4, -0.2) is 16.8 Å². The lowest BCUT2D eigenvalue weighted by Crippen LogP contribution is -2.15. The molecule has 0 saturated heterocycles. The number of unbranched alkanes of at least 4 members (excludes halogenated alkanes) is 5. The molecule has 1 saturated carbocycles. The molecule has 1 aromatic carbocycles. The van der Waals surface area contributed by atoms with Crippen LogP contribution in [-0.2, 0) is 6.42 Å². The number of hydrogen-bond acceptors (Lipinski definition) is 3. The topological polar surface area (TPSA) is 35.0 Å². The molecule has 32 heavy (non-hydrogen) atoms. The highest BCUT2D eigenvalue weighted by molar-refractivity contribution is 5.59. The summed E-state index contributed by atoms with van der Waals surface area (Å²) in [5.41, 5.74) is 3.17. The molecule has 0 amide bonds. The zero-order chi connectivity index (χ0) is 22.4. The van der Waals surface area contributed by atoms with E-state index in [2.05, 4.69) is 48.3 Å². The summed E-state index contributed by atoms with van der Waals surface area (Å²) in [4.78, 5) is 0. The second kappa shape index (κ2) is 14.3. The van der Waals surface area contributed by atoms with E-state index in [1.165, 1.54) is 77.0 Å². The van der Waals surface area contributed by atoms with Gasteiger partial charge < -0.3 is 4.74 Å². The molecular formula is C29H44N2O. The van der Waals surface area contributed by atoms with Crippen molar-refractivity contribution in [1.29, 1.82) is 0 Å². The van der Waals surface area contributed by atoms with Crippen molar-refractivity contribution in [2.45, 2.75) is 104 Å². The van der Waals surface area contributed by atoms with Crippen molar-refractivity contribution in [3.63, 3.8) is 0 Å². The van der Waals surface area contributed by atoms with Crippen LogP contribution < -0.4 is 4.74 Å². The number of hydrogen-bond donors (Lipinski definition) is 0. The summed E-state index contributed by atoms with van der Waals surface area (Å²) in [6.07, 6.45) is 18.7. The van der Waals surface area contributed by atoms with Crippen molar-refractivity contribution in [2.75, 3.05) is 6.61 Å². The molecule has 176 valence electrons. The number of aryl methyl sites for hydroxylation is 1. The first-order valence-electron chi connectivity index (χ1n) is 13.3. The zero-order valence-electron chi connectivity index (χ0n) is 20.5. The molecule has 3 rings (SSSR count). The number of aromatic nitrogens is 2. The van der Waals surface area contributed by atoms with E-state index in [4.69, 9.17) is 4.74 Å². The average Bonchev–Trinajstić information content (AvgIpc) is 2.85. The summed E-state index contributed by atoms with van der Waals surface area (Å²) in [6.45, 7) is 5.30. The molecule has 2 aromatic rings. The van der Waals surface area contributed by atoms with E-state index in [0.29, 0.717) is 0 Å². The summed E-state index contributed by atoms with van der Waals surface area (Å²) in [5.74, 6) is 2.81. The van der Waals surface area contributed by atoms with Crippen LogP contribution in [0.4, 0.5) is 0 Å². The summed E-state index contributed by atoms with van der Waals surface area (Å²) in [5, 5.41) is 9.02. The van der Waals surface area contributed by atoms with E-state index in [1.807, 2.05) is 12.1 Å². The molecule has 0 bridgehead atoms. The largest absolute Gasteiger partial charge is 0.494 e. The minimum atomic E-state index is 0.794. The van der Waals surface area contributed by atoms with Gasteiger partial charge in [-0.15, -0.1) is 0 Å². The van der Waals surface area contributed by atoms with Gasteiger partial charge in [0.15, 0.2) is 0 Å². The van der Waals surface area contributed by atoms with Crippen LogP contribution >= 0.6 is 0 Å². The summed E-state index contributed by atoms with van der Waals surface area (Å²) >= 11 is 0. The Morgan fingerprint density at radius 2 is 1.41 bits per heavy atom. The molecule has 3 nitrogen and oxygen atoms in total. The highest BCUT2D eigenvalue weighted by Crippen LogP contribution is 2.34. The van der Waals surface area contributed by atoms with E-state index >= 15 is 0 Å². The van der Waals surface area contributed by atoms with E-state index in [1.54, 1.807) is 0 Å². The van der Waals surface area contributed by atoms with Crippen LogP contribution in [0.3, 0.4) is 0 Å². The third-order valence-electron chi connectivity index (χ3n) is 7.13. The summed E-state index contributed by atoms with van der Waals surface area (Å²) < 4.78 is 5.81. The van der Waals surface area contributed by atoms with Gasteiger partial charge in [0.25, 0.3) is 0 Å². The van der Waals surface area contributed by atoms with Gasteiger partial charge in [0, 0.05) is 5.56 Å². The Bertz CT molecular complexity index is 733. The fourth-order valence-electron chi connectivity index (χ4n) is 4.93. The molecule has 0 unspecified atom stereocenters. The normalized spacial score (nSPS) is 18.6. The maximum absolute atomic E-state index is 5.81. The van der Waals surface area contributed by atoms with E-state index < -0.39 is 0 Å². The average molecular weight is 437 g/mol. The Kier molecular flexibility index (Phi) is 11.0. The quantitative estimate of drug-likeness (QED) is 0.279. The molecule has 1 heterocycles. The van der Waals surface area contributed by atoms with Crippen LogP contribution in [0.25, 0.3) is 11.3 Å². The third-order valence-corrected chi connectivity index (χ3v) is 7.13. The highest BCUT2D eigenvalue weighted by atomic mass is 16.5. The van der Waals surface area contributed by atoms with Crippen LogP contribution in [0.5, 0.6) is 5.75 Å². The minimum absolute atomic E-state index is 0.794. The van der Waals surface area contributed by atoms with Crippen molar-refractivity contribution in [3.8, 4) is 17.0 Å². The molecule has 0 spiro atoms. The summed E-state index contributed by atoms with van der Waals surface area (Å²) in [7, 11) is 0. The monoisotopic (exact) mass is 436 g/mol. The van der Waals surface area contributed by atoms with Gasteiger partial charge in [0.2, 0.25) is 0 Å². The molecule has 1 aliphatic rings. The fourth-order valence-corrected chi connectivity index (χ4v) is 4.93. The smallest absolute Gasteiger partial charge is 0.119 e. The molecule has 1 aliphatic carbocycles. The van der Waals surface area contributed by atoms with Crippen molar-refractivity contribution >= 4 is 0 Å². The van der Waals surface area contributed by atoms with Crippen LogP contribution in [0.2, 0.25) is 0 Å². The Labute approximate surface area is 196 Å². The molecule has 1 aromatic heterocycles. The second-order valence-corrected chi connectivity index (χ2v) is 9.76. The molecule has 0 atom stereocenters. The molecule has 0 aliphatic heterocycles. The van der Waals surface area contributed by atoms with Crippen molar-refractivity contribution < 1.29 is 4.74 Å². The van der Waals surface area contributed by atoms with Gasteiger partial charge >= 0.3 is 0 Å². The van der Waals surface area contributed by atoms with Crippen LogP contribution in [0, 0.1) is 11.8 Å². The second-order valence-electron chi connectivity index (χ2n) is 9.76. The van der Waals surface area contributed by atoms with Gasteiger partial charge in [-0.1, -0.05) is 84.5 Å². The van der Waals surface area contributed by atoms with Crippen molar-refractivity contribution in [3.05, 3.63) is 42.1 Å². The Hall–Kier alpha value is -1.90. The van der Waals surface area contributed by atoms with Gasteiger partial charge in [-0.2, -0.15) is 10.2 Å². The van der Waals surface area contributed by atoms with Crippen LogP contribution in [0.15, 0.2) is 36.4 Å². The number of ether oxygens (including phenoxy) is 1. The van der Waals surface area contributed by atoms with Gasteiger partial charge in [-0.3, -0.25) is 0 Å². The van der Waals surface area contributed by atoms with Gasteiger partial charge in [-0.05, 0) is 67.5 Å². The number of benzene rings is 1. The van der Waals surface area contributed by atoms with Crippen molar-refractivity contribution in [2.24, 2.45) is 11.8 Å². The van der Waals surface area contributed by atoms with Crippen LogP contribution in [0.1, 0.15) is 103 Å². The first-order chi connectivity index (χ1) is 15.8. The SMILES string of the molecule is CCCCCCC1CCC(CCc2ccc(-c3ccc(OCCCCC)cc3)nn2)CC1. The lowest BCUT2D eigenvalue weighted by molar-refractivity contribution is 0.248. The summed E-state index contributed by atoms with van der Waals surface area (Å²) in [6, 6.07) is 12.5. The fraction of sp³-hybridized carbons (Fsp3) is 0.655. The molecule has 0 radical (unpaired) electrons. The molecule has 3 heteroatoms. The Morgan fingerprint density at radius 1 is 0.719 bits per heavy atom. The van der Waals surface area contributed by atoms with Gasteiger partial charge in [-0.25, -0.2) is 0 Å². The molecule has 1 fully saturated rings. The number of nitrogens with zero attached hydrogens (tertiary/aromatic N) is 2. The predicted octanol–water partition coefficient (Wildman–Crippen LogP) is 8.42. The first-order valence-corrected chi connectivity index (χ1v) is 13.3. The first kappa shape index (κ1) is 24.7. The van der Waals surface area contributed by atoms with E-state index in [9.17, 15) is 0 Å². The minimum Gasteiger partial charge on any atom is -0.494 e. The molecule has 0 N–H and O–H groups in total. The predicted molar refractivity (Wildman–Crippen MR) is 135 cm³/mol. The van der Waals surface area contributed by atoms with Gasteiger partial charge in [0.05, 0.1) is 18.0 Å². The lowest BCUT2D eigenvalue weighted by Gasteiger charge is -2.28. The van der Waals surface area contributed by atoms with E-state index in [-0.39, 0.29) is 0 Å². The highest BCUT2D eigenvalue weighted by Gasteiger charge is 2.20.